The van der Waals surface area contributed by atoms with Crippen molar-refractivity contribution in [3.05, 3.63) is 197 Å². The van der Waals surface area contributed by atoms with Gasteiger partial charge in [0.15, 0.2) is 0 Å². The van der Waals surface area contributed by atoms with E-state index in [2.05, 4.69) is 159 Å². The molecule has 2 aliphatic rings. The molecule has 0 saturated carbocycles. The largest absolute Gasteiger partial charge is 0.457 e. The normalized spacial score (nSPS) is 14.9. The third-order valence-corrected chi connectivity index (χ3v) is 11.1. The number of fused-ring (bicyclic) bond motifs is 9. The second-order valence-corrected chi connectivity index (χ2v) is 14.1. The van der Waals surface area contributed by atoms with Crippen LogP contribution in [-0.4, -0.2) is 15.0 Å². The molecule has 8 aromatic rings. The minimum atomic E-state index is -0.599. The van der Waals surface area contributed by atoms with Crippen molar-refractivity contribution in [2.24, 2.45) is 0 Å². The zero-order valence-electron chi connectivity index (χ0n) is 29.8. The first-order valence-electron chi connectivity index (χ1n) is 18.1. The molecule has 1 spiro atoms. The highest BCUT2D eigenvalue weighted by molar-refractivity contribution is 5.96. The van der Waals surface area contributed by atoms with Gasteiger partial charge in [0.2, 0.25) is 0 Å². The van der Waals surface area contributed by atoms with E-state index < -0.39 is 5.41 Å². The number of pyridine rings is 1. The summed E-state index contributed by atoms with van der Waals surface area (Å²) < 4.78 is 6.81. The van der Waals surface area contributed by atoms with E-state index in [1.165, 1.54) is 44.5 Å². The number of benzene rings is 6. The number of rotatable bonds is 4. The maximum absolute atomic E-state index is 6.81. The molecule has 6 aromatic carbocycles. The summed E-state index contributed by atoms with van der Waals surface area (Å²) in [5, 5.41) is 0. The molecule has 4 heteroatoms. The summed E-state index contributed by atoms with van der Waals surface area (Å²) in [4.78, 5) is 14.8. The summed E-state index contributed by atoms with van der Waals surface area (Å²) in [6.45, 7) is 6.26. The third-order valence-electron chi connectivity index (χ3n) is 11.1. The van der Waals surface area contributed by atoms with Crippen LogP contribution in [0, 0.1) is 20.8 Å². The first-order valence-corrected chi connectivity index (χ1v) is 18.1. The van der Waals surface area contributed by atoms with Gasteiger partial charge in [-0.1, -0.05) is 127 Å². The molecule has 3 heterocycles. The number of ether oxygens (including phenoxy) is 1. The number of hydrogen-bond acceptors (Lipinski definition) is 4. The first kappa shape index (κ1) is 31.1. The van der Waals surface area contributed by atoms with Crippen molar-refractivity contribution in [2.45, 2.75) is 26.2 Å². The summed E-state index contributed by atoms with van der Waals surface area (Å²) in [7, 11) is 0. The number of nitrogens with zero attached hydrogens (tertiary/aromatic N) is 3. The van der Waals surface area contributed by atoms with Gasteiger partial charge in [0.25, 0.3) is 0 Å². The van der Waals surface area contributed by atoms with Gasteiger partial charge in [-0.25, -0.2) is 9.97 Å². The SMILES string of the molecule is Cc1nc(-c2ccc(-c3ccccc3)cc2)cc(-c2cccc3c2-c2ccccc2C32c3ccccc3Oc3cc(-c4nccc(C)c4C)ccc32)n1. The molecule has 0 amide bonds. The lowest BCUT2D eigenvalue weighted by atomic mass is 9.66. The lowest BCUT2D eigenvalue weighted by molar-refractivity contribution is 0.436. The highest BCUT2D eigenvalue weighted by Gasteiger charge is 2.51. The van der Waals surface area contributed by atoms with E-state index in [-0.39, 0.29) is 0 Å². The van der Waals surface area contributed by atoms with Crippen LogP contribution >= 0.6 is 0 Å². The van der Waals surface area contributed by atoms with Crippen LogP contribution in [0.1, 0.15) is 39.2 Å². The summed E-state index contributed by atoms with van der Waals surface area (Å²) in [6, 6.07) is 54.0. The van der Waals surface area contributed by atoms with Gasteiger partial charge in [-0.2, -0.15) is 0 Å². The molecule has 0 radical (unpaired) electrons. The van der Waals surface area contributed by atoms with Crippen molar-refractivity contribution >= 4 is 0 Å². The molecule has 2 aromatic heterocycles. The Bertz CT molecular complexity index is 2730. The predicted molar refractivity (Wildman–Crippen MR) is 213 cm³/mol. The minimum Gasteiger partial charge on any atom is -0.457 e. The Labute approximate surface area is 309 Å². The topological polar surface area (TPSA) is 47.9 Å². The molecule has 0 N–H and O–H groups in total. The molecule has 4 nitrogen and oxygen atoms in total. The Hall–Kier alpha value is -6.65. The van der Waals surface area contributed by atoms with Gasteiger partial charge in [0.05, 0.1) is 22.5 Å². The summed E-state index contributed by atoms with van der Waals surface area (Å²) in [5.74, 6) is 2.44. The number of hydrogen-bond donors (Lipinski definition) is 0. The van der Waals surface area contributed by atoms with Crippen LogP contribution in [0.5, 0.6) is 11.5 Å². The second kappa shape index (κ2) is 12.0. The summed E-state index contributed by atoms with van der Waals surface area (Å²) in [6.07, 6.45) is 1.89. The fraction of sp³-hybridized carbons (Fsp3) is 0.0816. The van der Waals surface area contributed by atoms with Gasteiger partial charge < -0.3 is 4.74 Å². The Kier molecular flexibility index (Phi) is 7.02. The van der Waals surface area contributed by atoms with Crippen LogP contribution in [0.15, 0.2) is 158 Å². The molecule has 1 unspecified atom stereocenters. The lowest BCUT2D eigenvalue weighted by Gasteiger charge is -2.39. The zero-order chi connectivity index (χ0) is 35.7. The van der Waals surface area contributed by atoms with Gasteiger partial charge in [-0.15, -0.1) is 0 Å². The monoisotopic (exact) mass is 681 g/mol. The molecule has 0 bridgehead atoms. The molecular weight excluding hydrogens is 647 g/mol. The van der Waals surface area contributed by atoms with Crippen LogP contribution in [0.3, 0.4) is 0 Å². The number of aryl methyl sites for hydroxylation is 2. The molecule has 53 heavy (non-hydrogen) atoms. The van der Waals surface area contributed by atoms with Crippen molar-refractivity contribution < 1.29 is 4.74 Å². The van der Waals surface area contributed by atoms with E-state index in [1.54, 1.807) is 0 Å². The quantitative estimate of drug-likeness (QED) is 0.185. The van der Waals surface area contributed by atoms with Gasteiger partial charge in [0.1, 0.15) is 17.3 Å². The van der Waals surface area contributed by atoms with Crippen LogP contribution in [0.4, 0.5) is 0 Å². The van der Waals surface area contributed by atoms with Gasteiger partial charge in [0, 0.05) is 34.0 Å². The maximum Gasteiger partial charge on any atom is 0.132 e. The van der Waals surface area contributed by atoms with E-state index in [0.29, 0.717) is 0 Å². The van der Waals surface area contributed by atoms with Crippen molar-refractivity contribution in [2.75, 3.05) is 0 Å². The Morgan fingerprint density at radius 2 is 1.11 bits per heavy atom. The minimum absolute atomic E-state index is 0.599. The fourth-order valence-corrected chi connectivity index (χ4v) is 8.56. The summed E-state index contributed by atoms with van der Waals surface area (Å²) >= 11 is 0. The van der Waals surface area contributed by atoms with E-state index in [9.17, 15) is 0 Å². The Morgan fingerprint density at radius 1 is 0.472 bits per heavy atom. The smallest absolute Gasteiger partial charge is 0.132 e. The highest BCUT2D eigenvalue weighted by Crippen LogP contribution is 2.63. The Morgan fingerprint density at radius 3 is 1.96 bits per heavy atom. The van der Waals surface area contributed by atoms with Crippen LogP contribution in [-0.2, 0) is 5.41 Å². The van der Waals surface area contributed by atoms with E-state index in [4.69, 9.17) is 19.7 Å². The van der Waals surface area contributed by atoms with E-state index in [0.717, 1.165) is 62.2 Å². The van der Waals surface area contributed by atoms with Crippen LogP contribution in [0.2, 0.25) is 0 Å². The molecule has 1 aliphatic carbocycles. The van der Waals surface area contributed by atoms with Crippen molar-refractivity contribution in [1.29, 1.82) is 0 Å². The summed E-state index contributed by atoms with van der Waals surface area (Å²) in [5.41, 5.74) is 17.2. The average Bonchev–Trinajstić information content (AvgIpc) is 3.50. The van der Waals surface area contributed by atoms with Crippen LogP contribution < -0.4 is 4.74 Å². The van der Waals surface area contributed by atoms with E-state index in [1.807, 2.05) is 19.2 Å². The van der Waals surface area contributed by atoms with Crippen LogP contribution in [0.25, 0.3) is 56.0 Å². The van der Waals surface area contributed by atoms with Gasteiger partial charge in [-0.3, -0.25) is 4.98 Å². The fourth-order valence-electron chi connectivity index (χ4n) is 8.56. The predicted octanol–water partition coefficient (Wildman–Crippen LogP) is 11.9. The standard InChI is InChI=1S/C49H35N3O/c1-30-26-27-50-48(31(30)2)36-24-25-41-46(28-36)53-45-19-10-9-17-40(45)49(41)39-16-8-7-14-37(39)47-38(15-11-18-42(47)49)44-29-43(51-32(3)52-44)35-22-20-34(21-23-35)33-12-5-4-6-13-33/h4-29H,1-3H3. The molecular formula is C49H35N3O. The molecule has 252 valence electrons. The molecule has 0 saturated heterocycles. The molecule has 1 aliphatic heterocycles. The van der Waals surface area contributed by atoms with Crippen molar-refractivity contribution in [3.8, 4) is 67.5 Å². The Balaban J connectivity index is 1.18. The van der Waals surface area contributed by atoms with Gasteiger partial charge >= 0.3 is 0 Å². The third kappa shape index (κ3) is 4.72. The average molecular weight is 682 g/mol. The number of aromatic nitrogens is 3. The molecule has 10 rings (SSSR count). The highest BCUT2D eigenvalue weighted by atomic mass is 16.5. The molecule has 0 fully saturated rings. The maximum atomic E-state index is 6.81. The van der Waals surface area contributed by atoms with E-state index >= 15 is 0 Å². The zero-order valence-corrected chi connectivity index (χ0v) is 29.8. The second-order valence-electron chi connectivity index (χ2n) is 14.1. The van der Waals surface area contributed by atoms with Gasteiger partial charge in [-0.05, 0) is 89.5 Å². The van der Waals surface area contributed by atoms with Crippen molar-refractivity contribution in [3.63, 3.8) is 0 Å². The molecule has 1 atom stereocenters. The number of para-hydroxylation sites is 1. The first-order chi connectivity index (χ1) is 26.0. The lowest BCUT2D eigenvalue weighted by Crippen LogP contribution is -2.32. The van der Waals surface area contributed by atoms with Crippen molar-refractivity contribution in [1.82, 2.24) is 15.0 Å².